The fourth-order valence-corrected chi connectivity index (χ4v) is 0.786. The van der Waals surface area contributed by atoms with Crippen LogP contribution in [-0.4, -0.2) is 38.1 Å². The molecule has 1 heterocycles. The molecule has 0 aromatic rings. The predicted molar refractivity (Wildman–Crippen MR) is 38.2 cm³/mol. The van der Waals surface area contributed by atoms with Crippen LogP contribution in [0.15, 0.2) is 0 Å². The van der Waals surface area contributed by atoms with Gasteiger partial charge >= 0.3 is 0 Å². The molecule has 1 saturated heterocycles. The maximum Gasteiger partial charge on any atom is 0.239 e. The molecule has 10 heavy (non-hydrogen) atoms. The van der Waals surface area contributed by atoms with Crippen LogP contribution in [0.1, 0.15) is 0 Å². The Hall–Kier alpha value is -0.610. The first-order valence-corrected chi connectivity index (χ1v) is 3.38. The minimum absolute atomic E-state index is 0.115. The third-order valence-corrected chi connectivity index (χ3v) is 1.49. The van der Waals surface area contributed by atoms with Crippen LogP contribution < -0.4 is 10.7 Å². The molecule has 1 rings (SSSR count). The molecule has 0 radical (unpaired) electrons. The van der Waals surface area contributed by atoms with Crippen LogP contribution in [-0.2, 0) is 4.79 Å². The molecular formula is C6H13N3O. The molecule has 0 unspecified atom stereocenters. The van der Waals surface area contributed by atoms with Gasteiger partial charge in [-0.05, 0) is 0 Å². The Bertz CT molecular complexity index is 131. The second-order valence-electron chi connectivity index (χ2n) is 2.73. The minimum atomic E-state index is 0.115. The van der Waals surface area contributed by atoms with Crippen molar-refractivity contribution in [3.8, 4) is 0 Å². The zero-order valence-electron chi connectivity index (χ0n) is 6.35. The zero-order chi connectivity index (χ0) is 7.56. The van der Waals surface area contributed by atoms with Crippen molar-refractivity contribution in [2.24, 2.45) is 5.92 Å². The molecule has 1 aliphatic rings. The monoisotopic (exact) mass is 143 g/mol. The van der Waals surface area contributed by atoms with Crippen LogP contribution in [0.3, 0.4) is 0 Å². The molecule has 58 valence electrons. The highest BCUT2D eigenvalue weighted by atomic mass is 16.2. The van der Waals surface area contributed by atoms with Crippen molar-refractivity contribution >= 4 is 5.91 Å². The van der Waals surface area contributed by atoms with Gasteiger partial charge in [0.2, 0.25) is 5.91 Å². The number of hydrazine groups is 1. The molecule has 1 fully saturated rings. The van der Waals surface area contributed by atoms with Crippen molar-refractivity contribution in [2.75, 3.05) is 27.2 Å². The molecule has 0 aromatic carbocycles. The van der Waals surface area contributed by atoms with Gasteiger partial charge in [0.15, 0.2) is 0 Å². The summed E-state index contributed by atoms with van der Waals surface area (Å²) in [5.41, 5.74) is 2.70. The summed E-state index contributed by atoms with van der Waals surface area (Å²) in [5, 5.41) is 4.70. The first-order valence-electron chi connectivity index (χ1n) is 3.38. The SMILES string of the molecule is CN(C)NC(=O)C1CNC1. The summed E-state index contributed by atoms with van der Waals surface area (Å²) >= 11 is 0. The average molecular weight is 143 g/mol. The van der Waals surface area contributed by atoms with E-state index in [9.17, 15) is 4.79 Å². The van der Waals surface area contributed by atoms with Gasteiger partial charge in [-0.2, -0.15) is 0 Å². The number of amides is 1. The number of nitrogens with one attached hydrogen (secondary N) is 2. The summed E-state index contributed by atoms with van der Waals surface area (Å²) in [7, 11) is 3.62. The van der Waals surface area contributed by atoms with Crippen LogP contribution in [0.25, 0.3) is 0 Å². The van der Waals surface area contributed by atoms with Crippen LogP contribution in [0.5, 0.6) is 0 Å². The summed E-state index contributed by atoms with van der Waals surface area (Å²) in [6.45, 7) is 1.64. The van der Waals surface area contributed by atoms with Crippen LogP contribution in [0, 0.1) is 5.92 Å². The third-order valence-electron chi connectivity index (χ3n) is 1.49. The predicted octanol–water partition coefficient (Wildman–Crippen LogP) is -1.20. The first kappa shape index (κ1) is 7.50. The van der Waals surface area contributed by atoms with Crippen molar-refractivity contribution in [1.29, 1.82) is 0 Å². The normalized spacial score (nSPS) is 18.7. The van der Waals surface area contributed by atoms with E-state index in [-0.39, 0.29) is 11.8 Å². The lowest BCUT2D eigenvalue weighted by atomic mass is 10.0. The fourth-order valence-electron chi connectivity index (χ4n) is 0.786. The highest BCUT2D eigenvalue weighted by molar-refractivity contribution is 5.79. The van der Waals surface area contributed by atoms with E-state index in [1.807, 2.05) is 14.1 Å². The Balaban J connectivity index is 2.20. The highest BCUT2D eigenvalue weighted by Crippen LogP contribution is 2.01. The molecule has 2 N–H and O–H groups in total. The van der Waals surface area contributed by atoms with Gasteiger partial charge in [-0.25, -0.2) is 5.01 Å². The number of nitrogens with zero attached hydrogens (tertiary/aromatic N) is 1. The van der Waals surface area contributed by atoms with Crippen LogP contribution >= 0.6 is 0 Å². The van der Waals surface area contributed by atoms with Crippen LogP contribution in [0.4, 0.5) is 0 Å². The average Bonchev–Trinajstić information content (AvgIpc) is 1.55. The Kier molecular flexibility index (Phi) is 2.24. The standard InChI is InChI=1S/C6H13N3O/c1-9(2)8-6(10)5-3-7-4-5/h5,7H,3-4H2,1-2H3,(H,8,10). The zero-order valence-corrected chi connectivity index (χ0v) is 6.35. The van der Waals surface area contributed by atoms with E-state index in [1.54, 1.807) is 5.01 Å². The largest absolute Gasteiger partial charge is 0.315 e. The van der Waals surface area contributed by atoms with Gasteiger partial charge in [0, 0.05) is 27.2 Å². The third kappa shape index (κ3) is 1.68. The van der Waals surface area contributed by atoms with Gasteiger partial charge in [0.1, 0.15) is 0 Å². The summed E-state index contributed by atoms with van der Waals surface area (Å²) in [4.78, 5) is 11.0. The molecule has 0 spiro atoms. The summed E-state index contributed by atoms with van der Waals surface area (Å²) in [6, 6.07) is 0. The molecule has 1 aliphatic heterocycles. The van der Waals surface area contributed by atoms with Crippen molar-refractivity contribution in [3.05, 3.63) is 0 Å². The Morgan fingerprint density at radius 2 is 2.20 bits per heavy atom. The molecule has 0 aromatic heterocycles. The van der Waals surface area contributed by atoms with Gasteiger partial charge in [0.05, 0.1) is 5.92 Å². The van der Waals surface area contributed by atoms with Gasteiger partial charge in [-0.1, -0.05) is 0 Å². The number of rotatable bonds is 2. The van der Waals surface area contributed by atoms with E-state index in [1.165, 1.54) is 0 Å². The second-order valence-corrected chi connectivity index (χ2v) is 2.73. The van der Waals surface area contributed by atoms with E-state index in [0.29, 0.717) is 0 Å². The molecule has 1 amide bonds. The van der Waals surface area contributed by atoms with E-state index >= 15 is 0 Å². The second kappa shape index (κ2) is 2.98. The number of carbonyl (C=O) groups excluding carboxylic acids is 1. The van der Waals surface area contributed by atoms with Crippen molar-refractivity contribution < 1.29 is 4.79 Å². The molecule has 0 aliphatic carbocycles. The lowest BCUT2D eigenvalue weighted by molar-refractivity contribution is -0.130. The lowest BCUT2D eigenvalue weighted by Gasteiger charge is -2.27. The number of hydrogen-bond donors (Lipinski definition) is 2. The maximum absolute atomic E-state index is 11.0. The summed E-state index contributed by atoms with van der Waals surface area (Å²) in [5.74, 6) is 0.297. The van der Waals surface area contributed by atoms with Gasteiger partial charge in [-0.15, -0.1) is 0 Å². The van der Waals surface area contributed by atoms with Crippen LogP contribution in [0.2, 0.25) is 0 Å². The molecule has 0 atom stereocenters. The van der Waals surface area contributed by atoms with Gasteiger partial charge in [0.25, 0.3) is 0 Å². The van der Waals surface area contributed by atoms with E-state index in [4.69, 9.17) is 0 Å². The van der Waals surface area contributed by atoms with Gasteiger partial charge in [-0.3, -0.25) is 10.2 Å². The smallest absolute Gasteiger partial charge is 0.239 e. The van der Waals surface area contributed by atoms with E-state index in [2.05, 4.69) is 10.7 Å². The molecule has 4 heteroatoms. The Morgan fingerprint density at radius 1 is 1.60 bits per heavy atom. The van der Waals surface area contributed by atoms with Crippen molar-refractivity contribution in [2.45, 2.75) is 0 Å². The Morgan fingerprint density at radius 3 is 2.50 bits per heavy atom. The highest BCUT2D eigenvalue weighted by Gasteiger charge is 2.24. The van der Waals surface area contributed by atoms with Crippen molar-refractivity contribution in [3.63, 3.8) is 0 Å². The molecule has 4 nitrogen and oxygen atoms in total. The number of carbonyl (C=O) groups is 1. The van der Waals surface area contributed by atoms with E-state index < -0.39 is 0 Å². The summed E-state index contributed by atoms with van der Waals surface area (Å²) in [6.07, 6.45) is 0. The maximum atomic E-state index is 11.0. The van der Waals surface area contributed by atoms with E-state index in [0.717, 1.165) is 13.1 Å². The molecular weight excluding hydrogens is 130 g/mol. The summed E-state index contributed by atoms with van der Waals surface area (Å²) < 4.78 is 0. The topological polar surface area (TPSA) is 44.4 Å². The minimum Gasteiger partial charge on any atom is -0.315 e. The molecule has 0 saturated carbocycles. The lowest BCUT2D eigenvalue weighted by Crippen LogP contribution is -2.53. The quantitative estimate of drug-likeness (QED) is 0.477. The first-order chi connectivity index (χ1) is 4.70. The van der Waals surface area contributed by atoms with Crippen molar-refractivity contribution in [1.82, 2.24) is 15.8 Å². The number of hydrogen-bond acceptors (Lipinski definition) is 3. The van der Waals surface area contributed by atoms with Gasteiger partial charge < -0.3 is 5.32 Å². The Labute approximate surface area is 60.5 Å². The molecule has 0 bridgehead atoms. The fraction of sp³-hybridized carbons (Fsp3) is 0.833.